The number of carbonyl (C=O) groups is 1. The number of aryl methyl sites for hydroxylation is 1. The summed E-state index contributed by atoms with van der Waals surface area (Å²) in [7, 11) is 1.26. The van der Waals surface area contributed by atoms with Gasteiger partial charge in [0.05, 0.1) is 12.5 Å². The number of alkyl halides is 3. The lowest BCUT2D eigenvalue weighted by atomic mass is 9.82. The number of carboxylic acid groups (broad SMARTS) is 1. The Balaban J connectivity index is 1.30. The summed E-state index contributed by atoms with van der Waals surface area (Å²) in [5.41, 5.74) is 0.200. The topological polar surface area (TPSA) is 73.6 Å². The van der Waals surface area contributed by atoms with Gasteiger partial charge in [-0.25, -0.2) is 0 Å². The SMILES string of the molecule is Cc1c(OC2CC(COc3cccc([C@H](C4CC4)[C@H](C)C(=O)O)c3)C2)nn(C)c1C(F)(F)F. The van der Waals surface area contributed by atoms with Gasteiger partial charge in [-0.3, -0.25) is 9.48 Å². The summed E-state index contributed by atoms with van der Waals surface area (Å²) in [4.78, 5) is 11.5. The van der Waals surface area contributed by atoms with Crippen LogP contribution in [0.2, 0.25) is 0 Å². The fraction of sp³-hybridized carbons (Fsp3) is 0.583. The van der Waals surface area contributed by atoms with E-state index in [0.29, 0.717) is 31.1 Å². The molecule has 0 unspecified atom stereocenters. The molecule has 0 aliphatic heterocycles. The number of hydrogen-bond donors (Lipinski definition) is 1. The fourth-order valence-corrected chi connectivity index (χ4v) is 4.78. The van der Waals surface area contributed by atoms with Gasteiger partial charge in [-0.2, -0.15) is 13.2 Å². The first-order valence-electron chi connectivity index (χ1n) is 11.3. The number of aromatic nitrogens is 2. The molecule has 9 heteroatoms. The van der Waals surface area contributed by atoms with Gasteiger partial charge in [-0.1, -0.05) is 19.1 Å². The van der Waals surface area contributed by atoms with Crippen LogP contribution >= 0.6 is 0 Å². The first kappa shape index (κ1) is 23.4. The van der Waals surface area contributed by atoms with Crippen molar-refractivity contribution in [3.05, 3.63) is 41.1 Å². The second-order valence-electron chi connectivity index (χ2n) is 9.35. The van der Waals surface area contributed by atoms with E-state index in [1.165, 1.54) is 14.0 Å². The van der Waals surface area contributed by atoms with Gasteiger partial charge < -0.3 is 14.6 Å². The van der Waals surface area contributed by atoms with Gasteiger partial charge in [0.25, 0.3) is 0 Å². The van der Waals surface area contributed by atoms with Gasteiger partial charge in [0, 0.05) is 12.6 Å². The zero-order valence-corrected chi connectivity index (χ0v) is 18.9. The second kappa shape index (κ2) is 8.91. The Morgan fingerprint density at radius 1 is 1.30 bits per heavy atom. The summed E-state index contributed by atoms with van der Waals surface area (Å²) in [6.45, 7) is 3.60. The predicted octanol–water partition coefficient (Wildman–Crippen LogP) is 5.20. The van der Waals surface area contributed by atoms with Crippen LogP contribution in [0.15, 0.2) is 24.3 Å². The van der Waals surface area contributed by atoms with Gasteiger partial charge >= 0.3 is 12.1 Å². The van der Waals surface area contributed by atoms with Crippen molar-refractivity contribution >= 4 is 5.97 Å². The molecule has 0 radical (unpaired) electrons. The van der Waals surface area contributed by atoms with Gasteiger partial charge in [-0.15, -0.1) is 5.10 Å². The van der Waals surface area contributed by atoms with Gasteiger partial charge in [0.15, 0.2) is 0 Å². The van der Waals surface area contributed by atoms with Gasteiger partial charge in [0.2, 0.25) is 5.88 Å². The van der Waals surface area contributed by atoms with Crippen LogP contribution in [0, 0.1) is 24.7 Å². The van der Waals surface area contributed by atoms with Crippen LogP contribution in [0.4, 0.5) is 13.2 Å². The summed E-state index contributed by atoms with van der Waals surface area (Å²) in [5.74, 6) is 0.118. The lowest BCUT2D eigenvalue weighted by Gasteiger charge is -2.34. The lowest BCUT2D eigenvalue weighted by molar-refractivity contribution is -0.144. The molecule has 2 aliphatic rings. The average molecular weight is 467 g/mol. The maximum atomic E-state index is 13.1. The van der Waals surface area contributed by atoms with Crippen molar-refractivity contribution in [1.82, 2.24) is 9.78 Å². The standard InChI is InChI=1S/C24H29F3N2O4/c1-13(23(30)31)20(16-7-8-16)17-5-4-6-18(11-17)32-12-15-9-19(10-15)33-22-14(2)21(24(25,26)27)29(3)28-22/h4-6,11,13,15-16,19-20H,7-10,12H2,1-3H3,(H,30,31)/t13-,15?,19?,20-/m0/s1. The van der Waals surface area contributed by atoms with Crippen molar-refractivity contribution in [1.29, 1.82) is 0 Å². The number of carboxylic acids is 1. The Bertz CT molecular complexity index is 1010. The minimum Gasteiger partial charge on any atom is -0.493 e. The third-order valence-corrected chi connectivity index (χ3v) is 6.77. The third-order valence-electron chi connectivity index (χ3n) is 6.77. The van der Waals surface area contributed by atoms with Crippen LogP contribution in [0.3, 0.4) is 0 Å². The van der Waals surface area contributed by atoms with E-state index in [-0.39, 0.29) is 29.4 Å². The molecule has 1 N–H and O–H groups in total. The molecule has 2 saturated carbocycles. The minimum absolute atomic E-state index is 0.00215. The highest BCUT2D eigenvalue weighted by Crippen LogP contribution is 2.47. The van der Waals surface area contributed by atoms with E-state index in [0.717, 1.165) is 23.1 Å². The first-order chi connectivity index (χ1) is 15.5. The Morgan fingerprint density at radius 3 is 2.58 bits per heavy atom. The number of nitrogens with zero attached hydrogens (tertiary/aromatic N) is 2. The van der Waals surface area contributed by atoms with E-state index >= 15 is 0 Å². The molecule has 0 saturated heterocycles. The van der Waals surface area contributed by atoms with Crippen molar-refractivity contribution in [3.8, 4) is 11.6 Å². The van der Waals surface area contributed by atoms with Crippen molar-refractivity contribution in [2.24, 2.45) is 24.8 Å². The van der Waals surface area contributed by atoms with E-state index < -0.39 is 23.8 Å². The molecule has 180 valence electrons. The average Bonchev–Trinajstić information content (AvgIpc) is 3.48. The van der Waals surface area contributed by atoms with E-state index in [1.54, 1.807) is 6.92 Å². The molecule has 2 atom stereocenters. The molecule has 0 spiro atoms. The molecule has 0 bridgehead atoms. The Morgan fingerprint density at radius 2 is 2.00 bits per heavy atom. The van der Waals surface area contributed by atoms with E-state index in [2.05, 4.69) is 5.10 Å². The molecule has 0 amide bonds. The Labute approximate surface area is 190 Å². The molecule has 1 aromatic heterocycles. The summed E-state index contributed by atoms with van der Waals surface area (Å²) in [6.07, 6.45) is -1.20. The number of ether oxygens (including phenoxy) is 2. The highest BCUT2D eigenvalue weighted by atomic mass is 19.4. The van der Waals surface area contributed by atoms with Crippen LogP contribution in [-0.4, -0.2) is 33.6 Å². The highest BCUT2D eigenvalue weighted by Gasteiger charge is 2.40. The van der Waals surface area contributed by atoms with Crippen molar-refractivity contribution in [2.75, 3.05) is 6.61 Å². The molecular formula is C24H29F3N2O4. The number of hydrogen-bond acceptors (Lipinski definition) is 4. The Kier molecular flexibility index (Phi) is 6.33. The number of rotatable bonds is 9. The summed E-state index contributed by atoms with van der Waals surface area (Å²) >= 11 is 0. The summed E-state index contributed by atoms with van der Waals surface area (Å²) in [6, 6.07) is 7.66. The Hall–Kier alpha value is -2.71. The van der Waals surface area contributed by atoms with E-state index in [9.17, 15) is 23.1 Å². The second-order valence-corrected chi connectivity index (χ2v) is 9.35. The van der Waals surface area contributed by atoms with Crippen LogP contribution in [0.1, 0.15) is 55.3 Å². The molecule has 1 heterocycles. The predicted molar refractivity (Wildman–Crippen MR) is 114 cm³/mol. The zero-order valence-electron chi connectivity index (χ0n) is 18.9. The summed E-state index contributed by atoms with van der Waals surface area (Å²) in [5, 5.41) is 13.4. The molecule has 2 aromatic rings. The number of halogens is 3. The monoisotopic (exact) mass is 466 g/mol. The van der Waals surface area contributed by atoms with E-state index in [4.69, 9.17) is 9.47 Å². The zero-order chi connectivity index (χ0) is 23.9. The fourth-order valence-electron chi connectivity index (χ4n) is 4.78. The van der Waals surface area contributed by atoms with Crippen LogP contribution in [0.25, 0.3) is 0 Å². The molecule has 4 rings (SSSR count). The quantitative estimate of drug-likeness (QED) is 0.550. The highest BCUT2D eigenvalue weighted by molar-refractivity contribution is 5.71. The van der Waals surface area contributed by atoms with Crippen LogP contribution in [-0.2, 0) is 18.0 Å². The van der Waals surface area contributed by atoms with Crippen molar-refractivity contribution in [2.45, 2.75) is 57.7 Å². The van der Waals surface area contributed by atoms with E-state index in [1.807, 2.05) is 24.3 Å². The normalized spacial score (nSPS) is 22.4. The van der Waals surface area contributed by atoms with Crippen molar-refractivity contribution in [3.63, 3.8) is 0 Å². The molecule has 33 heavy (non-hydrogen) atoms. The third kappa shape index (κ3) is 5.12. The maximum absolute atomic E-state index is 13.1. The molecule has 1 aromatic carbocycles. The lowest BCUT2D eigenvalue weighted by Crippen LogP contribution is -2.37. The van der Waals surface area contributed by atoms with Gasteiger partial charge in [-0.05, 0) is 68.1 Å². The first-order valence-corrected chi connectivity index (χ1v) is 11.3. The van der Waals surface area contributed by atoms with Gasteiger partial charge in [0.1, 0.15) is 17.5 Å². The smallest absolute Gasteiger partial charge is 0.433 e. The largest absolute Gasteiger partial charge is 0.493 e. The molecular weight excluding hydrogens is 437 g/mol. The molecule has 2 fully saturated rings. The van der Waals surface area contributed by atoms with Crippen LogP contribution in [0.5, 0.6) is 11.6 Å². The van der Waals surface area contributed by atoms with Crippen LogP contribution < -0.4 is 9.47 Å². The number of aliphatic carboxylic acids is 1. The molecule has 6 nitrogen and oxygen atoms in total. The summed E-state index contributed by atoms with van der Waals surface area (Å²) < 4.78 is 51.9. The minimum atomic E-state index is -4.47. The van der Waals surface area contributed by atoms with Crippen molar-refractivity contribution < 1.29 is 32.5 Å². The maximum Gasteiger partial charge on any atom is 0.433 e. The molecule has 2 aliphatic carbocycles. The number of benzene rings is 1.